The summed E-state index contributed by atoms with van der Waals surface area (Å²) in [6.07, 6.45) is 2.99. The van der Waals surface area contributed by atoms with Crippen molar-refractivity contribution in [2.45, 2.75) is 39.2 Å². The Labute approximate surface area is 114 Å². The fourth-order valence-electron chi connectivity index (χ4n) is 1.26. The van der Waals surface area contributed by atoms with Crippen molar-refractivity contribution in [1.82, 2.24) is 5.32 Å². The lowest BCUT2D eigenvalue weighted by atomic mass is 10.5. The molecule has 0 fully saturated rings. The quantitative estimate of drug-likeness (QED) is 0.359. The molecule has 0 bridgehead atoms. The van der Waals surface area contributed by atoms with Crippen molar-refractivity contribution in [3.8, 4) is 0 Å². The van der Waals surface area contributed by atoms with E-state index in [9.17, 15) is 4.79 Å². The third-order valence-corrected chi connectivity index (χ3v) is 4.68. The Hall–Kier alpha value is 0.0869. The average molecular weight is 326 g/mol. The van der Waals surface area contributed by atoms with Crippen LogP contribution in [0.4, 0.5) is 0 Å². The molecular formula is C11H24BrNO3Si. The van der Waals surface area contributed by atoms with Gasteiger partial charge < -0.3 is 14.2 Å². The molecule has 0 aromatic rings. The summed E-state index contributed by atoms with van der Waals surface area (Å²) in [5.41, 5.74) is 0. The normalized spacial score (nSPS) is 10.8. The summed E-state index contributed by atoms with van der Waals surface area (Å²) in [5, 5.41) is 3.19. The van der Waals surface area contributed by atoms with Gasteiger partial charge in [-0.15, -0.1) is 0 Å². The first-order chi connectivity index (χ1) is 8.24. The summed E-state index contributed by atoms with van der Waals surface area (Å²) >= 11 is 3.11. The minimum atomic E-state index is -1.50. The van der Waals surface area contributed by atoms with E-state index < -0.39 is 9.28 Å². The second-order valence-electron chi connectivity index (χ2n) is 3.80. The molecule has 0 atom stereocenters. The van der Waals surface area contributed by atoms with Crippen molar-refractivity contribution in [3.05, 3.63) is 0 Å². The lowest BCUT2D eigenvalue weighted by Gasteiger charge is -2.16. The van der Waals surface area contributed by atoms with Gasteiger partial charge in [-0.25, -0.2) is 0 Å². The molecule has 0 aromatic carbocycles. The van der Waals surface area contributed by atoms with E-state index in [2.05, 4.69) is 35.1 Å². The molecule has 102 valence electrons. The molecule has 0 aliphatic heterocycles. The molecule has 1 amide bonds. The van der Waals surface area contributed by atoms with Gasteiger partial charge in [-0.1, -0.05) is 29.8 Å². The van der Waals surface area contributed by atoms with Crippen LogP contribution in [0.15, 0.2) is 0 Å². The molecule has 0 unspecified atom stereocenters. The molecule has 0 rings (SSSR count). The van der Waals surface area contributed by atoms with E-state index in [1.165, 1.54) is 0 Å². The van der Waals surface area contributed by atoms with E-state index in [1.54, 1.807) is 0 Å². The Kier molecular flexibility index (Phi) is 12.6. The van der Waals surface area contributed by atoms with E-state index in [-0.39, 0.29) is 5.91 Å². The van der Waals surface area contributed by atoms with Crippen molar-refractivity contribution in [2.24, 2.45) is 0 Å². The van der Waals surface area contributed by atoms with Crippen LogP contribution in [-0.4, -0.2) is 40.3 Å². The van der Waals surface area contributed by atoms with Crippen LogP contribution in [0.3, 0.4) is 0 Å². The molecule has 0 spiro atoms. The smallest absolute Gasteiger partial charge is 0.321 e. The van der Waals surface area contributed by atoms with Crippen LogP contribution in [0.1, 0.15) is 33.1 Å². The van der Waals surface area contributed by atoms with E-state index in [0.717, 1.165) is 38.5 Å². The molecule has 0 heterocycles. The van der Waals surface area contributed by atoms with Crippen LogP contribution in [0.5, 0.6) is 0 Å². The number of carbonyl (C=O) groups is 1. The monoisotopic (exact) mass is 325 g/mol. The SMILES string of the molecule is CCCO[SiH](CCCNC(=O)CBr)OCCC. The van der Waals surface area contributed by atoms with Gasteiger partial charge in [-0.05, 0) is 25.3 Å². The lowest BCUT2D eigenvalue weighted by molar-refractivity contribution is -0.118. The molecule has 0 radical (unpaired) electrons. The van der Waals surface area contributed by atoms with Crippen LogP contribution in [-0.2, 0) is 13.6 Å². The van der Waals surface area contributed by atoms with Crippen molar-refractivity contribution < 1.29 is 13.6 Å². The summed E-state index contributed by atoms with van der Waals surface area (Å²) in [4.78, 5) is 11.0. The van der Waals surface area contributed by atoms with Gasteiger partial charge in [0.05, 0.1) is 5.33 Å². The predicted molar refractivity (Wildman–Crippen MR) is 75.9 cm³/mol. The maximum Gasteiger partial charge on any atom is 0.321 e. The van der Waals surface area contributed by atoms with E-state index in [4.69, 9.17) is 8.85 Å². The summed E-state index contributed by atoms with van der Waals surface area (Å²) in [6, 6.07) is 0.961. The molecule has 4 nitrogen and oxygen atoms in total. The summed E-state index contributed by atoms with van der Waals surface area (Å²) < 4.78 is 11.4. The third-order valence-electron chi connectivity index (χ3n) is 2.08. The van der Waals surface area contributed by atoms with Gasteiger partial charge in [0.25, 0.3) is 0 Å². The first kappa shape index (κ1) is 17.1. The zero-order valence-electron chi connectivity index (χ0n) is 10.8. The number of hydrogen-bond acceptors (Lipinski definition) is 3. The number of halogens is 1. The van der Waals surface area contributed by atoms with Gasteiger partial charge in [-0.3, -0.25) is 4.79 Å². The van der Waals surface area contributed by atoms with Crippen LogP contribution in [0.25, 0.3) is 0 Å². The zero-order chi connectivity index (χ0) is 12.9. The molecule has 0 aliphatic rings. The molecule has 1 N–H and O–H groups in total. The van der Waals surface area contributed by atoms with Gasteiger partial charge in [-0.2, -0.15) is 0 Å². The molecule has 0 saturated carbocycles. The Morgan fingerprint density at radius 1 is 1.24 bits per heavy atom. The van der Waals surface area contributed by atoms with Gasteiger partial charge in [0.15, 0.2) is 0 Å². The van der Waals surface area contributed by atoms with Crippen molar-refractivity contribution >= 4 is 31.1 Å². The highest BCUT2D eigenvalue weighted by molar-refractivity contribution is 9.09. The van der Waals surface area contributed by atoms with Gasteiger partial charge in [0.1, 0.15) is 0 Å². The molecular weight excluding hydrogens is 302 g/mol. The number of amides is 1. The van der Waals surface area contributed by atoms with Gasteiger partial charge >= 0.3 is 9.28 Å². The first-order valence-corrected chi connectivity index (χ1v) is 9.18. The first-order valence-electron chi connectivity index (χ1n) is 6.30. The molecule has 6 heteroatoms. The Balaban J connectivity index is 3.62. The van der Waals surface area contributed by atoms with Crippen LogP contribution in [0.2, 0.25) is 6.04 Å². The maximum atomic E-state index is 11.0. The van der Waals surface area contributed by atoms with Crippen molar-refractivity contribution in [2.75, 3.05) is 25.1 Å². The molecule has 0 saturated heterocycles. The topological polar surface area (TPSA) is 47.6 Å². The minimum Gasteiger partial charge on any atom is -0.397 e. The van der Waals surface area contributed by atoms with Crippen LogP contribution < -0.4 is 5.32 Å². The summed E-state index contributed by atoms with van der Waals surface area (Å²) in [5.74, 6) is 0.0344. The Bertz CT molecular complexity index is 188. The van der Waals surface area contributed by atoms with Gasteiger partial charge in [0, 0.05) is 19.8 Å². The highest BCUT2D eigenvalue weighted by Crippen LogP contribution is 2.03. The second kappa shape index (κ2) is 12.5. The predicted octanol–water partition coefficient (Wildman–Crippen LogP) is 1.96. The number of hydrogen-bond donors (Lipinski definition) is 1. The molecule has 0 aromatic heterocycles. The van der Waals surface area contributed by atoms with E-state index >= 15 is 0 Å². The fourth-order valence-corrected chi connectivity index (χ4v) is 3.42. The summed E-state index contributed by atoms with van der Waals surface area (Å²) in [6.45, 7) is 6.48. The summed E-state index contributed by atoms with van der Waals surface area (Å²) in [7, 11) is -1.50. The number of nitrogens with one attached hydrogen (secondary N) is 1. The average Bonchev–Trinajstić information content (AvgIpc) is 2.36. The van der Waals surface area contributed by atoms with E-state index in [0.29, 0.717) is 11.9 Å². The Morgan fingerprint density at radius 2 is 1.82 bits per heavy atom. The van der Waals surface area contributed by atoms with Crippen LogP contribution in [0, 0.1) is 0 Å². The third kappa shape index (κ3) is 10.9. The lowest BCUT2D eigenvalue weighted by Crippen LogP contribution is -2.28. The number of alkyl halides is 1. The Morgan fingerprint density at radius 3 is 2.29 bits per heavy atom. The van der Waals surface area contributed by atoms with E-state index in [1.807, 2.05) is 0 Å². The standard InChI is InChI=1S/C11H24BrNO3Si/c1-3-7-15-17(16-8-4-2)9-5-6-13-11(14)10-12/h17H,3-10H2,1-2H3,(H,13,14). The van der Waals surface area contributed by atoms with Gasteiger partial charge in [0.2, 0.25) is 5.91 Å². The molecule has 17 heavy (non-hydrogen) atoms. The van der Waals surface area contributed by atoms with Crippen molar-refractivity contribution in [3.63, 3.8) is 0 Å². The minimum absolute atomic E-state index is 0.0344. The number of rotatable bonds is 11. The molecule has 0 aliphatic carbocycles. The van der Waals surface area contributed by atoms with Crippen LogP contribution >= 0.6 is 15.9 Å². The zero-order valence-corrected chi connectivity index (χ0v) is 13.6. The highest BCUT2D eigenvalue weighted by atomic mass is 79.9. The highest BCUT2D eigenvalue weighted by Gasteiger charge is 2.12. The van der Waals surface area contributed by atoms with Crippen molar-refractivity contribution in [1.29, 1.82) is 0 Å². The maximum absolute atomic E-state index is 11.0. The number of carbonyl (C=O) groups excluding carboxylic acids is 1. The fraction of sp³-hybridized carbons (Fsp3) is 0.909. The largest absolute Gasteiger partial charge is 0.397 e. The second-order valence-corrected chi connectivity index (χ2v) is 6.46.